The normalized spacial score (nSPS) is 26.6. The Balaban J connectivity index is 1.73. The molecular weight excluding hydrogens is 266 g/mol. The maximum Gasteiger partial charge on any atom is 0.0837 e. The van der Waals surface area contributed by atoms with E-state index in [1.54, 1.807) is 0 Å². The van der Waals surface area contributed by atoms with Crippen molar-refractivity contribution < 1.29 is 4.90 Å². The van der Waals surface area contributed by atoms with Crippen LogP contribution in [0.15, 0.2) is 66.7 Å². The highest BCUT2D eigenvalue weighted by molar-refractivity contribution is 5.79. The zero-order valence-corrected chi connectivity index (χ0v) is 13.0. The summed E-state index contributed by atoms with van der Waals surface area (Å²) in [6.07, 6.45) is 5.40. The monoisotopic (exact) mass is 290 g/mol. The molecule has 112 valence electrons. The Morgan fingerprint density at radius 1 is 0.818 bits per heavy atom. The van der Waals surface area contributed by atoms with Crippen LogP contribution in [0.3, 0.4) is 0 Å². The molecular formula is C21H24N+. The van der Waals surface area contributed by atoms with Gasteiger partial charge in [-0.3, -0.25) is 0 Å². The number of quaternary nitrogens is 1. The van der Waals surface area contributed by atoms with Crippen LogP contribution in [0.4, 0.5) is 0 Å². The molecule has 1 atom stereocenters. The van der Waals surface area contributed by atoms with Gasteiger partial charge in [0.15, 0.2) is 0 Å². The molecule has 22 heavy (non-hydrogen) atoms. The summed E-state index contributed by atoms with van der Waals surface area (Å²) in [7, 11) is 0. The van der Waals surface area contributed by atoms with Crippen LogP contribution in [0.5, 0.6) is 0 Å². The molecule has 2 aromatic rings. The summed E-state index contributed by atoms with van der Waals surface area (Å²) in [4.78, 5) is 1.81. The molecule has 0 aromatic heterocycles. The number of rotatable bonds is 3. The van der Waals surface area contributed by atoms with E-state index in [1.807, 2.05) is 4.90 Å². The van der Waals surface area contributed by atoms with E-state index in [2.05, 4.69) is 66.7 Å². The first kappa shape index (κ1) is 13.8. The molecule has 0 amide bonds. The van der Waals surface area contributed by atoms with Gasteiger partial charge in [0.05, 0.1) is 19.6 Å². The summed E-state index contributed by atoms with van der Waals surface area (Å²) in [5.74, 6) is 1.65. The van der Waals surface area contributed by atoms with Crippen LogP contribution in [0.2, 0.25) is 0 Å². The van der Waals surface area contributed by atoms with Crippen molar-refractivity contribution in [2.24, 2.45) is 11.8 Å². The molecule has 3 heterocycles. The van der Waals surface area contributed by atoms with Crippen LogP contribution in [-0.2, 0) is 0 Å². The number of nitrogens with one attached hydrogen (secondary N) is 1. The van der Waals surface area contributed by atoms with E-state index in [4.69, 9.17) is 0 Å². The molecule has 5 rings (SSSR count). The molecule has 1 heteroatoms. The third-order valence-corrected chi connectivity index (χ3v) is 5.42. The van der Waals surface area contributed by atoms with Crippen LogP contribution < -0.4 is 4.90 Å². The van der Waals surface area contributed by atoms with Gasteiger partial charge in [0, 0.05) is 18.8 Å². The molecule has 3 saturated heterocycles. The first-order valence-electron chi connectivity index (χ1n) is 8.56. The molecule has 0 aliphatic carbocycles. The number of benzene rings is 2. The van der Waals surface area contributed by atoms with Gasteiger partial charge in [0.2, 0.25) is 0 Å². The van der Waals surface area contributed by atoms with Gasteiger partial charge in [0.1, 0.15) is 0 Å². The fraction of sp³-hybridized carbons (Fsp3) is 0.333. The zero-order valence-electron chi connectivity index (χ0n) is 13.0. The maximum atomic E-state index is 2.58. The Morgan fingerprint density at radius 3 is 1.82 bits per heavy atom. The predicted octanol–water partition coefficient (Wildman–Crippen LogP) is 3.04. The van der Waals surface area contributed by atoms with Gasteiger partial charge in [-0.05, 0) is 22.6 Å². The molecule has 0 saturated carbocycles. The van der Waals surface area contributed by atoms with Gasteiger partial charge in [0.25, 0.3) is 0 Å². The highest BCUT2D eigenvalue weighted by Gasteiger charge is 2.36. The average Bonchev–Trinajstić information content (AvgIpc) is 2.62. The van der Waals surface area contributed by atoms with E-state index in [0.717, 1.165) is 11.8 Å². The van der Waals surface area contributed by atoms with Crippen molar-refractivity contribution in [2.75, 3.05) is 19.6 Å². The lowest BCUT2D eigenvalue weighted by atomic mass is 9.77. The van der Waals surface area contributed by atoms with Crippen LogP contribution in [0.25, 0.3) is 5.57 Å². The maximum absolute atomic E-state index is 2.58. The zero-order chi connectivity index (χ0) is 14.8. The first-order chi connectivity index (χ1) is 10.9. The summed E-state index contributed by atoms with van der Waals surface area (Å²) in [5.41, 5.74) is 4.11. The number of piperidine rings is 3. The second-order valence-corrected chi connectivity index (χ2v) is 6.77. The minimum Gasteiger partial charge on any atom is -0.334 e. The second-order valence-electron chi connectivity index (χ2n) is 6.77. The molecule has 3 aliphatic heterocycles. The summed E-state index contributed by atoms with van der Waals surface area (Å²) < 4.78 is 0. The van der Waals surface area contributed by atoms with E-state index in [9.17, 15) is 0 Å². The van der Waals surface area contributed by atoms with Gasteiger partial charge in [-0.15, -0.1) is 0 Å². The van der Waals surface area contributed by atoms with Crippen LogP contribution in [0.1, 0.15) is 24.0 Å². The van der Waals surface area contributed by atoms with Crippen LogP contribution in [0, 0.1) is 11.8 Å². The highest BCUT2D eigenvalue weighted by Crippen LogP contribution is 2.31. The lowest BCUT2D eigenvalue weighted by Crippen LogP contribution is -3.15. The van der Waals surface area contributed by atoms with Gasteiger partial charge in [-0.2, -0.15) is 0 Å². The number of fused-ring (bicyclic) bond motifs is 3. The van der Waals surface area contributed by atoms with Gasteiger partial charge >= 0.3 is 0 Å². The highest BCUT2D eigenvalue weighted by atomic mass is 15.1. The van der Waals surface area contributed by atoms with Crippen molar-refractivity contribution in [3.63, 3.8) is 0 Å². The minimum absolute atomic E-state index is 0.743. The van der Waals surface area contributed by atoms with E-state index < -0.39 is 0 Å². The average molecular weight is 290 g/mol. The SMILES string of the molecule is C(=C(c1ccccc1)c1ccccc1)C1C[NH+]2CCC1CC2. The quantitative estimate of drug-likeness (QED) is 0.886. The van der Waals surface area contributed by atoms with Gasteiger partial charge in [-0.25, -0.2) is 0 Å². The molecule has 1 N–H and O–H groups in total. The van der Waals surface area contributed by atoms with Crippen molar-refractivity contribution >= 4 is 5.57 Å². The van der Waals surface area contributed by atoms with Crippen molar-refractivity contribution in [3.8, 4) is 0 Å². The van der Waals surface area contributed by atoms with Crippen molar-refractivity contribution in [1.29, 1.82) is 0 Å². The fourth-order valence-electron chi connectivity index (χ4n) is 4.18. The third-order valence-electron chi connectivity index (χ3n) is 5.42. The second kappa shape index (κ2) is 6.10. The van der Waals surface area contributed by atoms with Crippen molar-refractivity contribution in [2.45, 2.75) is 12.8 Å². The number of hydrogen-bond donors (Lipinski definition) is 1. The molecule has 0 radical (unpaired) electrons. The summed E-state index contributed by atoms with van der Waals surface area (Å²) in [6, 6.07) is 21.8. The molecule has 1 nitrogen and oxygen atoms in total. The summed E-state index contributed by atoms with van der Waals surface area (Å²) >= 11 is 0. The molecule has 0 spiro atoms. The van der Waals surface area contributed by atoms with E-state index in [0.29, 0.717) is 0 Å². The standard InChI is InChI=1S/C21H23N/c1-3-7-18(8-4-1)21(19-9-5-2-6-10-19)15-20-16-22-13-11-17(20)12-14-22/h1-10,15,17,20H,11-14,16H2/p+1. The first-order valence-corrected chi connectivity index (χ1v) is 8.56. The van der Waals surface area contributed by atoms with Crippen LogP contribution in [-0.4, -0.2) is 19.6 Å². The molecule has 3 aliphatic rings. The molecule has 1 unspecified atom stereocenters. The van der Waals surface area contributed by atoms with Gasteiger partial charge in [-0.1, -0.05) is 66.7 Å². The smallest absolute Gasteiger partial charge is 0.0837 e. The topological polar surface area (TPSA) is 4.44 Å². The minimum atomic E-state index is 0.743. The third kappa shape index (κ3) is 2.74. The largest absolute Gasteiger partial charge is 0.334 e. The Bertz CT molecular complexity index is 595. The lowest BCUT2D eigenvalue weighted by Gasteiger charge is -2.41. The van der Waals surface area contributed by atoms with E-state index in [1.165, 1.54) is 49.2 Å². The number of hydrogen-bond acceptors (Lipinski definition) is 0. The summed E-state index contributed by atoms with van der Waals surface area (Å²) in [6.45, 7) is 4.11. The Kier molecular flexibility index (Phi) is 3.82. The fourth-order valence-corrected chi connectivity index (χ4v) is 4.18. The Labute approximate surface area is 133 Å². The summed E-state index contributed by atoms with van der Waals surface area (Å²) in [5, 5.41) is 0. The van der Waals surface area contributed by atoms with E-state index >= 15 is 0 Å². The molecule has 3 fully saturated rings. The Hall–Kier alpha value is -1.86. The van der Waals surface area contributed by atoms with E-state index in [-0.39, 0.29) is 0 Å². The Morgan fingerprint density at radius 2 is 1.36 bits per heavy atom. The van der Waals surface area contributed by atoms with Crippen LogP contribution >= 0.6 is 0 Å². The predicted molar refractivity (Wildman–Crippen MR) is 91.7 cm³/mol. The molecule has 2 bridgehead atoms. The van der Waals surface area contributed by atoms with Crippen molar-refractivity contribution in [3.05, 3.63) is 77.9 Å². The van der Waals surface area contributed by atoms with Crippen molar-refractivity contribution in [1.82, 2.24) is 0 Å². The lowest BCUT2D eigenvalue weighted by molar-refractivity contribution is -0.920. The van der Waals surface area contributed by atoms with Gasteiger partial charge < -0.3 is 4.90 Å². The molecule has 2 aromatic carbocycles.